The molecule has 2 aliphatic heterocycles. The number of hydrogen-bond donors (Lipinski definition) is 2. The fourth-order valence-electron chi connectivity index (χ4n) is 4.60. The van der Waals surface area contributed by atoms with Crippen LogP contribution in [0, 0.1) is 0 Å². The summed E-state index contributed by atoms with van der Waals surface area (Å²) < 4.78 is 32.3. The lowest BCUT2D eigenvalue weighted by Crippen LogP contribution is -2.31. The van der Waals surface area contributed by atoms with Gasteiger partial charge >= 0.3 is 17.6 Å². The molecule has 3 aromatic carbocycles. The Hall–Kier alpha value is -4.93. The number of esters is 1. The first kappa shape index (κ1) is 17.7. The molecule has 0 fully saturated rings. The molecule has 0 amide bonds. The van der Waals surface area contributed by atoms with Crippen molar-refractivity contribution in [3.8, 4) is 11.5 Å². The standard InChI is InChI=1S/C22H8O11/c23-10-6-5-9-13-14(10)29-20(26)31-17-12(24)18-16(30-21(27)32-18)11(15(17)28-13)22(9)8-4-2-1-3-7(8)19(25)33-22/h1-6,23-24H. The van der Waals surface area contributed by atoms with E-state index in [2.05, 4.69) is 0 Å². The van der Waals surface area contributed by atoms with Crippen molar-refractivity contribution in [2.24, 2.45) is 0 Å². The predicted molar refractivity (Wildman–Crippen MR) is 106 cm³/mol. The lowest BCUT2D eigenvalue weighted by molar-refractivity contribution is 0.0250. The van der Waals surface area contributed by atoms with Crippen molar-refractivity contribution >= 4 is 39.5 Å². The molecule has 0 radical (unpaired) electrons. The lowest BCUT2D eigenvalue weighted by atomic mass is 9.78. The third-order valence-corrected chi connectivity index (χ3v) is 5.84. The Morgan fingerprint density at radius 3 is 2.03 bits per heavy atom. The van der Waals surface area contributed by atoms with E-state index >= 15 is 0 Å². The highest BCUT2D eigenvalue weighted by atomic mass is 16.6. The van der Waals surface area contributed by atoms with Gasteiger partial charge in [0.25, 0.3) is 0 Å². The number of phenolic OH excluding ortho intramolecular Hbond substituents is 2. The summed E-state index contributed by atoms with van der Waals surface area (Å²) >= 11 is 0. The molecule has 0 saturated heterocycles. The van der Waals surface area contributed by atoms with E-state index in [0.717, 1.165) is 0 Å². The zero-order valence-electron chi connectivity index (χ0n) is 16.0. The molecule has 1 unspecified atom stereocenters. The van der Waals surface area contributed by atoms with Crippen LogP contribution >= 0.6 is 0 Å². The molecule has 2 N–H and O–H groups in total. The van der Waals surface area contributed by atoms with Gasteiger partial charge in [0.05, 0.1) is 16.7 Å². The van der Waals surface area contributed by atoms with Crippen LogP contribution in [0.3, 0.4) is 0 Å². The maximum Gasteiger partial charge on any atom is 0.519 e. The molecule has 2 aliphatic rings. The maximum atomic E-state index is 12.9. The summed E-state index contributed by atoms with van der Waals surface area (Å²) in [5.74, 6) is -4.39. The smallest absolute Gasteiger partial charge is 0.504 e. The van der Waals surface area contributed by atoms with E-state index in [1.807, 2.05) is 0 Å². The molecule has 5 aromatic rings. The van der Waals surface area contributed by atoms with E-state index in [1.165, 1.54) is 12.1 Å². The monoisotopic (exact) mass is 448 g/mol. The summed E-state index contributed by atoms with van der Waals surface area (Å²) in [6.45, 7) is 0. The number of benzene rings is 3. The highest BCUT2D eigenvalue weighted by Gasteiger charge is 2.55. The van der Waals surface area contributed by atoms with Gasteiger partial charge in [0.15, 0.2) is 28.1 Å². The van der Waals surface area contributed by atoms with Gasteiger partial charge in [-0.3, -0.25) is 0 Å². The van der Waals surface area contributed by atoms with E-state index in [1.54, 1.807) is 24.3 Å². The van der Waals surface area contributed by atoms with Crippen LogP contribution in [0.15, 0.2) is 68.1 Å². The molecule has 162 valence electrons. The van der Waals surface area contributed by atoms with Crippen molar-refractivity contribution in [1.82, 2.24) is 0 Å². The van der Waals surface area contributed by atoms with E-state index in [9.17, 15) is 24.6 Å². The van der Waals surface area contributed by atoms with Gasteiger partial charge in [-0.1, -0.05) is 18.2 Å². The first-order valence-corrected chi connectivity index (χ1v) is 9.50. The molecule has 2 bridgehead atoms. The SMILES string of the molecule is O=C1OC2(c3ccccc31)c1ccc(O)c3oc(=O)oc4c(O)c5oc(=O)oc5c2c4oc13. The molecule has 11 heteroatoms. The minimum absolute atomic E-state index is 0.0479. The summed E-state index contributed by atoms with van der Waals surface area (Å²) in [5.41, 5.74) is -3.21. The summed E-state index contributed by atoms with van der Waals surface area (Å²) in [6, 6.07) is 9.13. The van der Waals surface area contributed by atoms with Crippen LogP contribution in [0.25, 0.3) is 33.5 Å². The normalized spacial score (nSPS) is 18.0. The Morgan fingerprint density at radius 2 is 1.27 bits per heavy atom. The molecule has 1 atom stereocenters. The summed E-state index contributed by atoms with van der Waals surface area (Å²) in [6.07, 6.45) is 0. The quantitative estimate of drug-likeness (QED) is 0.334. The van der Waals surface area contributed by atoms with Crippen molar-refractivity contribution in [3.05, 3.63) is 79.9 Å². The number of rotatable bonds is 0. The van der Waals surface area contributed by atoms with Crippen LogP contribution in [0.2, 0.25) is 0 Å². The molecule has 4 heterocycles. The molecule has 7 rings (SSSR count). The number of phenols is 2. The van der Waals surface area contributed by atoms with Crippen LogP contribution < -0.4 is 11.6 Å². The highest BCUT2D eigenvalue weighted by Crippen LogP contribution is 2.56. The third kappa shape index (κ3) is 1.92. The Kier molecular flexibility index (Phi) is 2.93. The second-order valence-electron chi connectivity index (χ2n) is 7.46. The highest BCUT2D eigenvalue weighted by molar-refractivity contribution is 6.05. The predicted octanol–water partition coefficient (Wildman–Crippen LogP) is 3.14. The summed E-state index contributed by atoms with van der Waals surface area (Å²) in [4.78, 5) is 37.3. The van der Waals surface area contributed by atoms with Gasteiger partial charge in [0, 0.05) is 5.56 Å². The average Bonchev–Trinajstić information content (AvgIpc) is 3.31. The number of fused-ring (bicyclic) bond motifs is 6. The number of carbonyl (C=O) groups is 1. The molecule has 1 spiro atoms. The van der Waals surface area contributed by atoms with E-state index in [-0.39, 0.29) is 39.0 Å². The van der Waals surface area contributed by atoms with Crippen molar-refractivity contribution in [1.29, 1.82) is 0 Å². The van der Waals surface area contributed by atoms with Crippen LogP contribution in [0.4, 0.5) is 0 Å². The molecule has 0 saturated carbocycles. The number of ether oxygens (including phenoxy) is 1. The van der Waals surface area contributed by atoms with Gasteiger partial charge in [-0.2, -0.15) is 0 Å². The van der Waals surface area contributed by atoms with Gasteiger partial charge in [-0.25, -0.2) is 14.4 Å². The fourth-order valence-corrected chi connectivity index (χ4v) is 4.60. The fraction of sp³-hybridized carbons (Fsp3) is 0.0455. The zero-order chi connectivity index (χ0) is 22.6. The molecular formula is C22H8O11. The van der Waals surface area contributed by atoms with Crippen molar-refractivity contribution in [2.75, 3.05) is 0 Å². The maximum absolute atomic E-state index is 12.9. The summed E-state index contributed by atoms with van der Waals surface area (Å²) in [7, 11) is 0. The van der Waals surface area contributed by atoms with Crippen molar-refractivity contribution < 1.29 is 41.8 Å². The van der Waals surface area contributed by atoms with Gasteiger partial charge in [-0.15, -0.1) is 0 Å². The van der Waals surface area contributed by atoms with E-state index in [0.29, 0.717) is 5.56 Å². The van der Waals surface area contributed by atoms with E-state index in [4.69, 9.17) is 26.8 Å². The van der Waals surface area contributed by atoms with Gasteiger partial charge in [0.2, 0.25) is 22.5 Å². The molecule has 0 aliphatic carbocycles. The second kappa shape index (κ2) is 5.46. The number of hydrogen-bond acceptors (Lipinski definition) is 11. The lowest BCUT2D eigenvalue weighted by Gasteiger charge is -2.32. The molecule has 11 nitrogen and oxygen atoms in total. The van der Waals surface area contributed by atoms with Crippen LogP contribution in [-0.2, 0) is 10.3 Å². The van der Waals surface area contributed by atoms with E-state index < -0.39 is 45.9 Å². The zero-order valence-corrected chi connectivity index (χ0v) is 16.0. The first-order valence-electron chi connectivity index (χ1n) is 9.50. The average molecular weight is 448 g/mol. The van der Waals surface area contributed by atoms with Gasteiger partial charge < -0.3 is 37.0 Å². The van der Waals surface area contributed by atoms with Crippen LogP contribution in [-0.4, -0.2) is 16.2 Å². The third-order valence-electron chi connectivity index (χ3n) is 5.84. The van der Waals surface area contributed by atoms with Crippen molar-refractivity contribution in [2.45, 2.75) is 5.60 Å². The largest absolute Gasteiger partial charge is 0.519 e. The number of carbonyl (C=O) groups excluding carboxylic acids is 1. The minimum Gasteiger partial charge on any atom is -0.504 e. The van der Waals surface area contributed by atoms with Crippen LogP contribution in [0.1, 0.15) is 27.0 Å². The van der Waals surface area contributed by atoms with Gasteiger partial charge in [0.1, 0.15) is 0 Å². The summed E-state index contributed by atoms with van der Waals surface area (Å²) in [5, 5.41) is 21.1. The van der Waals surface area contributed by atoms with Gasteiger partial charge in [-0.05, 0) is 18.2 Å². The Bertz CT molecular complexity index is 1890. The van der Waals surface area contributed by atoms with Crippen molar-refractivity contribution in [3.63, 3.8) is 0 Å². The molecular weight excluding hydrogens is 440 g/mol. The minimum atomic E-state index is -1.79. The second-order valence-corrected chi connectivity index (χ2v) is 7.46. The Labute approximate surface area is 178 Å². The first-order chi connectivity index (χ1) is 15.9. The topological polar surface area (TPSA) is 167 Å². The Balaban J connectivity index is 1.88. The number of aromatic hydroxyl groups is 2. The molecule has 33 heavy (non-hydrogen) atoms. The van der Waals surface area contributed by atoms with Crippen LogP contribution in [0.5, 0.6) is 11.5 Å². The Morgan fingerprint density at radius 1 is 0.636 bits per heavy atom. The molecule has 2 aromatic heterocycles.